The van der Waals surface area contributed by atoms with Crippen molar-refractivity contribution in [1.82, 2.24) is 25.3 Å². The third-order valence-electron chi connectivity index (χ3n) is 11.8. The third-order valence-corrected chi connectivity index (χ3v) is 11.8. The van der Waals surface area contributed by atoms with Crippen LogP contribution in [0.4, 0.5) is 5.69 Å². The topological polar surface area (TPSA) is 124 Å². The molecule has 8 atom stereocenters. The zero-order valence-electron chi connectivity index (χ0n) is 36.8. The maximum atomic E-state index is 14.3. The molecule has 314 valence electrons. The lowest BCUT2D eigenvalue weighted by Gasteiger charge is -2.41. The van der Waals surface area contributed by atoms with Crippen molar-refractivity contribution in [2.45, 2.75) is 137 Å². The monoisotopic (exact) mass is 773 g/mol. The number of nitrogens with zero attached hydrogens (tertiary/aromatic N) is 4. The van der Waals surface area contributed by atoms with Gasteiger partial charge in [0.25, 0.3) is 0 Å². The molecule has 1 fully saturated rings. The van der Waals surface area contributed by atoms with Crippen LogP contribution in [0.1, 0.15) is 93.6 Å². The summed E-state index contributed by atoms with van der Waals surface area (Å²) in [6.45, 7) is 19.1. The molecule has 0 saturated carbocycles. The fraction of sp³-hybridized carbons (Fsp3) is 0.767. The van der Waals surface area contributed by atoms with E-state index in [0.29, 0.717) is 19.5 Å². The first-order chi connectivity index (χ1) is 25.8. The molecule has 1 aliphatic heterocycles. The number of carbonyl (C=O) groups is 4. The van der Waals surface area contributed by atoms with Gasteiger partial charge in [-0.2, -0.15) is 0 Å². The van der Waals surface area contributed by atoms with Crippen LogP contribution in [0.5, 0.6) is 0 Å². The van der Waals surface area contributed by atoms with Gasteiger partial charge in [0, 0.05) is 60.2 Å². The molecule has 0 radical (unpaired) electrons. The Kier molecular flexibility index (Phi) is 19.6. The number of benzene rings is 1. The van der Waals surface area contributed by atoms with Gasteiger partial charge in [-0.05, 0) is 75.6 Å². The Bertz CT molecular complexity index is 1350. The molecule has 4 amide bonds. The molecular weight excluding hydrogens is 697 g/mol. The third kappa shape index (κ3) is 12.9. The van der Waals surface area contributed by atoms with Crippen LogP contribution < -0.4 is 15.5 Å². The molecule has 1 aliphatic rings. The molecule has 1 saturated heterocycles. The quantitative estimate of drug-likeness (QED) is 0.172. The van der Waals surface area contributed by atoms with Crippen molar-refractivity contribution >= 4 is 29.3 Å². The van der Waals surface area contributed by atoms with E-state index in [1.807, 2.05) is 65.6 Å². The zero-order valence-corrected chi connectivity index (χ0v) is 36.8. The standard InChI is InChI=1S/C43H76N6O6/c1-16-30(8)39(48(13)43(53)37(27(2)3)45-42(52)38(28(4)5)47(12)29(6)7)35(54-14)26-36(50)49-25-17-18-34(49)40(55-15)31(9)41(51)44-24-23-32-19-21-33(22-20-32)46(10)11/h19-22,27-31,34-35,37-40H,16-18,23-26H2,1-15H3,(H,44,51)(H,45,52)/t30-,31+,34-,35+,37-,38-,39-,40+/m0/s1. The van der Waals surface area contributed by atoms with Gasteiger partial charge in [-0.3, -0.25) is 24.1 Å². The number of rotatable bonds is 22. The number of nitrogens with one attached hydrogen (secondary N) is 2. The molecule has 2 N–H and O–H groups in total. The molecule has 1 aromatic rings. The maximum Gasteiger partial charge on any atom is 0.245 e. The van der Waals surface area contributed by atoms with Crippen molar-refractivity contribution in [1.29, 1.82) is 0 Å². The molecule has 1 heterocycles. The Morgan fingerprint density at radius 3 is 1.98 bits per heavy atom. The van der Waals surface area contributed by atoms with E-state index in [1.54, 1.807) is 26.2 Å². The largest absolute Gasteiger partial charge is 0.379 e. The molecule has 2 rings (SSSR count). The van der Waals surface area contributed by atoms with Gasteiger partial charge in [0.15, 0.2) is 0 Å². The van der Waals surface area contributed by atoms with E-state index in [-0.39, 0.29) is 59.9 Å². The van der Waals surface area contributed by atoms with Crippen molar-refractivity contribution < 1.29 is 28.7 Å². The normalized spacial score (nSPS) is 18.5. The molecule has 0 bridgehead atoms. The fourth-order valence-corrected chi connectivity index (χ4v) is 8.01. The Hall–Kier alpha value is -3.22. The number of likely N-dealkylation sites (N-methyl/N-ethyl adjacent to an activating group) is 2. The number of ether oxygens (including phenoxy) is 2. The SMILES string of the molecule is CC[C@H](C)[C@@H]([C@@H](CC(=O)N1CCC[C@H]1[C@H](OC)[C@@H](C)C(=O)NCCc1ccc(N(C)C)cc1)OC)N(C)C(=O)[C@@H](NC(=O)[C@H](C(C)C)N(C)C(C)C)C(C)C. The number of hydrogen-bond acceptors (Lipinski definition) is 8. The molecule has 12 nitrogen and oxygen atoms in total. The summed E-state index contributed by atoms with van der Waals surface area (Å²) < 4.78 is 12.0. The lowest BCUT2D eigenvalue weighted by atomic mass is 9.89. The summed E-state index contributed by atoms with van der Waals surface area (Å²) in [6, 6.07) is 6.61. The van der Waals surface area contributed by atoms with E-state index >= 15 is 0 Å². The Labute approximate surface area is 333 Å². The minimum Gasteiger partial charge on any atom is -0.379 e. The number of hydrogen-bond donors (Lipinski definition) is 2. The van der Waals surface area contributed by atoms with Gasteiger partial charge in [0.05, 0.1) is 42.7 Å². The zero-order chi connectivity index (χ0) is 41.7. The highest BCUT2D eigenvalue weighted by atomic mass is 16.5. The number of methoxy groups -OCH3 is 2. The van der Waals surface area contributed by atoms with Crippen LogP contribution in [-0.2, 0) is 35.1 Å². The van der Waals surface area contributed by atoms with E-state index in [4.69, 9.17) is 9.47 Å². The summed E-state index contributed by atoms with van der Waals surface area (Å²) in [5.41, 5.74) is 2.27. The van der Waals surface area contributed by atoms with Crippen LogP contribution in [0, 0.1) is 23.7 Å². The molecule has 55 heavy (non-hydrogen) atoms. The minimum absolute atomic E-state index is 0.00133. The molecule has 0 unspecified atom stereocenters. The van der Waals surface area contributed by atoms with Crippen molar-refractivity contribution in [3.05, 3.63) is 29.8 Å². The number of carbonyl (C=O) groups excluding carboxylic acids is 4. The number of likely N-dealkylation sites (tertiary alicyclic amines) is 1. The molecule has 0 aromatic heterocycles. The Morgan fingerprint density at radius 2 is 1.49 bits per heavy atom. The molecule has 1 aromatic carbocycles. The van der Waals surface area contributed by atoms with Gasteiger partial charge in [0.2, 0.25) is 23.6 Å². The lowest BCUT2D eigenvalue weighted by Crippen LogP contribution is -2.60. The van der Waals surface area contributed by atoms with Crippen LogP contribution >= 0.6 is 0 Å². The van der Waals surface area contributed by atoms with Gasteiger partial charge in [0.1, 0.15) is 6.04 Å². The summed E-state index contributed by atoms with van der Waals surface area (Å²) in [5, 5.41) is 6.18. The van der Waals surface area contributed by atoms with Crippen LogP contribution in [-0.4, -0.2) is 136 Å². The fourth-order valence-electron chi connectivity index (χ4n) is 8.01. The van der Waals surface area contributed by atoms with Crippen molar-refractivity contribution in [3.8, 4) is 0 Å². The number of amides is 4. The van der Waals surface area contributed by atoms with Gasteiger partial charge >= 0.3 is 0 Å². The van der Waals surface area contributed by atoms with Crippen molar-refractivity contribution in [2.75, 3.05) is 60.4 Å². The van der Waals surface area contributed by atoms with Crippen LogP contribution in [0.15, 0.2) is 24.3 Å². The first-order valence-corrected chi connectivity index (χ1v) is 20.5. The molecule has 0 aliphatic carbocycles. The van der Waals surface area contributed by atoms with Gasteiger partial charge < -0.3 is 34.8 Å². The van der Waals surface area contributed by atoms with Gasteiger partial charge in [-0.15, -0.1) is 0 Å². The van der Waals surface area contributed by atoms with E-state index in [1.165, 1.54) is 0 Å². The predicted octanol–water partition coefficient (Wildman–Crippen LogP) is 4.84. The maximum absolute atomic E-state index is 14.3. The molecule has 12 heteroatoms. The first-order valence-electron chi connectivity index (χ1n) is 20.5. The summed E-state index contributed by atoms with van der Waals surface area (Å²) in [5.74, 6) is -1.17. The summed E-state index contributed by atoms with van der Waals surface area (Å²) in [6.07, 6.45) is 1.99. The molecular formula is C43H76N6O6. The average molecular weight is 773 g/mol. The van der Waals surface area contributed by atoms with Gasteiger partial charge in [-0.1, -0.05) is 67.0 Å². The first kappa shape index (κ1) is 47.9. The van der Waals surface area contributed by atoms with E-state index < -0.39 is 36.3 Å². The molecule has 0 spiro atoms. The van der Waals surface area contributed by atoms with Gasteiger partial charge in [-0.25, -0.2) is 0 Å². The Balaban J connectivity index is 2.21. The average Bonchev–Trinajstić information content (AvgIpc) is 3.62. The lowest BCUT2D eigenvalue weighted by molar-refractivity contribution is -0.148. The second kappa shape index (κ2) is 22.5. The predicted molar refractivity (Wildman–Crippen MR) is 222 cm³/mol. The highest BCUT2D eigenvalue weighted by molar-refractivity contribution is 5.90. The smallest absolute Gasteiger partial charge is 0.245 e. The van der Waals surface area contributed by atoms with Crippen LogP contribution in [0.2, 0.25) is 0 Å². The highest BCUT2D eigenvalue weighted by Gasteiger charge is 2.43. The summed E-state index contributed by atoms with van der Waals surface area (Å²) in [7, 11) is 10.9. The van der Waals surface area contributed by atoms with Crippen LogP contribution in [0.3, 0.4) is 0 Å². The van der Waals surface area contributed by atoms with E-state index in [0.717, 1.165) is 30.5 Å². The number of anilines is 1. The summed E-state index contributed by atoms with van der Waals surface area (Å²) in [4.78, 5) is 63.3. The van der Waals surface area contributed by atoms with Crippen LogP contribution in [0.25, 0.3) is 0 Å². The van der Waals surface area contributed by atoms with E-state index in [9.17, 15) is 19.2 Å². The van der Waals surface area contributed by atoms with Crippen molar-refractivity contribution in [2.24, 2.45) is 23.7 Å². The second-order valence-electron chi connectivity index (χ2n) is 16.9. The highest BCUT2D eigenvalue weighted by Crippen LogP contribution is 2.30. The minimum atomic E-state index is -0.749. The Morgan fingerprint density at radius 1 is 0.873 bits per heavy atom. The van der Waals surface area contributed by atoms with E-state index in [2.05, 4.69) is 67.5 Å². The summed E-state index contributed by atoms with van der Waals surface area (Å²) >= 11 is 0. The second-order valence-corrected chi connectivity index (χ2v) is 16.9. The van der Waals surface area contributed by atoms with Crippen molar-refractivity contribution in [3.63, 3.8) is 0 Å².